The highest BCUT2D eigenvalue weighted by atomic mass is 16.7. The van der Waals surface area contributed by atoms with E-state index in [9.17, 15) is 30.3 Å². The molecule has 1 amide bonds. The highest BCUT2D eigenvalue weighted by molar-refractivity contribution is 5.76. The number of hydrogen-bond acceptors (Lipinski definition) is 8. The fourth-order valence-electron chi connectivity index (χ4n) is 7.09. The summed E-state index contributed by atoms with van der Waals surface area (Å²) in [5, 5.41) is 53.9. The first-order valence-electron chi connectivity index (χ1n) is 22.6. The molecule has 1 rings (SSSR count). The van der Waals surface area contributed by atoms with Gasteiger partial charge in [0.25, 0.3) is 0 Å². The fourth-order valence-corrected chi connectivity index (χ4v) is 7.09. The van der Waals surface area contributed by atoms with Crippen molar-refractivity contribution in [2.75, 3.05) is 13.2 Å². The maximum Gasteiger partial charge on any atom is 0.220 e. The highest BCUT2D eigenvalue weighted by Gasteiger charge is 2.44. The predicted molar refractivity (Wildman–Crippen MR) is 221 cm³/mol. The van der Waals surface area contributed by atoms with E-state index in [4.69, 9.17) is 9.47 Å². The number of carbonyl (C=O) groups is 1. The van der Waals surface area contributed by atoms with Crippen LogP contribution in [0.2, 0.25) is 0 Å². The first-order chi connectivity index (χ1) is 26.3. The van der Waals surface area contributed by atoms with Crippen molar-refractivity contribution >= 4 is 5.91 Å². The standard InChI is InChI=1S/C45H85NO8/c1-3-5-7-9-11-13-14-15-16-17-18-19-20-21-22-23-24-25-26-27-29-31-33-35-41(49)46-38(39(48)34-32-30-28-12-10-8-6-4-2)37-53-45-44(52)43(51)42(50)40(36-47)54-45/h17-18,32,34,38-40,42-45,47-48,50-52H,3-16,19-31,33,35-37H2,1-2H3,(H,46,49)/b18-17-,34-32+. The van der Waals surface area contributed by atoms with E-state index in [2.05, 4.69) is 31.3 Å². The van der Waals surface area contributed by atoms with E-state index < -0.39 is 49.5 Å². The van der Waals surface area contributed by atoms with Crippen LogP contribution in [0.1, 0.15) is 200 Å². The van der Waals surface area contributed by atoms with Gasteiger partial charge in [-0.05, 0) is 44.9 Å². The zero-order chi connectivity index (χ0) is 39.5. The average Bonchev–Trinajstić information content (AvgIpc) is 3.17. The number of amides is 1. The minimum absolute atomic E-state index is 0.181. The Labute approximate surface area is 330 Å². The van der Waals surface area contributed by atoms with Crippen LogP contribution in [0.4, 0.5) is 0 Å². The largest absolute Gasteiger partial charge is 0.394 e. The van der Waals surface area contributed by atoms with E-state index in [1.165, 1.54) is 141 Å². The number of aliphatic hydroxyl groups is 5. The molecule has 1 saturated heterocycles. The number of hydrogen-bond donors (Lipinski definition) is 6. The summed E-state index contributed by atoms with van der Waals surface area (Å²) in [5.74, 6) is -0.181. The second kappa shape index (κ2) is 36.0. The molecule has 0 aromatic carbocycles. The van der Waals surface area contributed by atoms with Crippen molar-refractivity contribution in [1.29, 1.82) is 0 Å². The Kier molecular flexibility index (Phi) is 33.8. The van der Waals surface area contributed by atoms with Crippen LogP contribution in [0.15, 0.2) is 24.3 Å². The van der Waals surface area contributed by atoms with Gasteiger partial charge in [-0.3, -0.25) is 4.79 Å². The summed E-state index contributed by atoms with van der Waals surface area (Å²) in [4.78, 5) is 12.9. The van der Waals surface area contributed by atoms with Gasteiger partial charge < -0.3 is 40.3 Å². The van der Waals surface area contributed by atoms with E-state index in [-0.39, 0.29) is 12.5 Å². The Morgan fingerprint density at radius 3 is 1.50 bits per heavy atom. The van der Waals surface area contributed by atoms with E-state index in [0.717, 1.165) is 38.5 Å². The monoisotopic (exact) mass is 768 g/mol. The number of ether oxygens (including phenoxy) is 2. The van der Waals surface area contributed by atoms with Gasteiger partial charge in [0, 0.05) is 6.42 Å². The van der Waals surface area contributed by atoms with Crippen LogP contribution in [0.5, 0.6) is 0 Å². The maximum absolute atomic E-state index is 12.9. The molecule has 7 unspecified atom stereocenters. The molecule has 7 atom stereocenters. The molecule has 0 aliphatic carbocycles. The normalized spacial score (nSPS) is 21.6. The molecule has 1 fully saturated rings. The molecule has 54 heavy (non-hydrogen) atoms. The lowest BCUT2D eigenvalue weighted by Crippen LogP contribution is -2.60. The van der Waals surface area contributed by atoms with Crippen molar-refractivity contribution in [1.82, 2.24) is 5.32 Å². The van der Waals surface area contributed by atoms with Crippen LogP contribution < -0.4 is 5.32 Å². The quantitative estimate of drug-likeness (QED) is 0.0271. The van der Waals surface area contributed by atoms with Gasteiger partial charge in [-0.25, -0.2) is 0 Å². The fraction of sp³-hybridized carbons (Fsp3) is 0.889. The van der Waals surface area contributed by atoms with Crippen molar-refractivity contribution in [2.24, 2.45) is 0 Å². The van der Waals surface area contributed by atoms with Gasteiger partial charge in [-0.2, -0.15) is 0 Å². The first-order valence-corrected chi connectivity index (χ1v) is 22.6. The Morgan fingerprint density at radius 1 is 0.611 bits per heavy atom. The van der Waals surface area contributed by atoms with Gasteiger partial charge in [0.2, 0.25) is 5.91 Å². The van der Waals surface area contributed by atoms with Gasteiger partial charge in [0.15, 0.2) is 6.29 Å². The molecule has 1 heterocycles. The van der Waals surface area contributed by atoms with Gasteiger partial charge in [0.05, 0.1) is 25.4 Å². The second-order valence-electron chi connectivity index (χ2n) is 15.8. The predicted octanol–water partition coefficient (Wildman–Crippen LogP) is 9.11. The molecule has 0 aromatic heterocycles. The van der Waals surface area contributed by atoms with Crippen LogP contribution in [-0.2, 0) is 14.3 Å². The second-order valence-corrected chi connectivity index (χ2v) is 15.8. The van der Waals surface area contributed by atoms with Crippen molar-refractivity contribution in [3.8, 4) is 0 Å². The first kappa shape index (κ1) is 50.7. The van der Waals surface area contributed by atoms with Crippen LogP contribution in [-0.4, -0.2) is 87.5 Å². The number of carbonyl (C=O) groups excluding carboxylic acids is 1. The highest BCUT2D eigenvalue weighted by Crippen LogP contribution is 2.22. The van der Waals surface area contributed by atoms with Crippen molar-refractivity contribution < 1.29 is 39.8 Å². The van der Waals surface area contributed by atoms with Crippen LogP contribution in [0, 0.1) is 0 Å². The molecule has 6 N–H and O–H groups in total. The zero-order valence-corrected chi connectivity index (χ0v) is 34.7. The number of rotatable bonds is 37. The molecule has 0 bridgehead atoms. The third kappa shape index (κ3) is 26.5. The van der Waals surface area contributed by atoms with Crippen molar-refractivity contribution in [2.45, 2.75) is 243 Å². The minimum atomic E-state index is -1.56. The zero-order valence-electron chi connectivity index (χ0n) is 34.7. The smallest absolute Gasteiger partial charge is 0.220 e. The van der Waals surface area contributed by atoms with E-state index >= 15 is 0 Å². The number of nitrogens with one attached hydrogen (secondary N) is 1. The number of allylic oxidation sites excluding steroid dienone is 3. The van der Waals surface area contributed by atoms with Gasteiger partial charge in [0.1, 0.15) is 24.4 Å². The molecular formula is C45H85NO8. The summed E-state index contributed by atoms with van der Waals surface area (Å²) in [5.41, 5.74) is 0. The van der Waals surface area contributed by atoms with Crippen LogP contribution in [0.3, 0.4) is 0 Å². The van der Waals surface area contributed by atoms with Gasteiger partial charge in [-0.15, -0.1) is 0 Å². The lowest BCUT2D eigenvalue weighted by molar-refractivity contribution is -0.302. The molecule has 318 valence electrons. The Hall–Kier alpha value is -1.33. The Bertz CT molecular complexity index is 899. The van der Waals surface area contributed by atoms with E-state index in [1.54, 1.807) is 6.08 Å². The van der Waals surface area contributed by atoms with Crippen molar-refractivity contribution in [3.63, 3.8) is 0 Å². The molecule has 0 spiro atoms. The SMILES string of the molecule is CCCCCCCC/C=C/C(O)C(COC1OC(CO)C(O)C(O)C1O)NC(=O)CCCCCCCCCCCCC/C=C\CCCCCCCCCC. The lowest BCUT2D eigenvalue weighted by Gasteiger charge is -2.40. The Balaban J connectivity index is 2.22. The minimum Gasteiger partial charge on any atom is -0.394 e. The van der Waals surface area contributed by atoms with Crippen molar-refractivity contribution in [3.05, 3.63) is 24.3 Å². The number of aliphatic hydroxyl groups excluding tert-OH is 5. The molecule has 0 radical (unpaired) electrons. The van der Waals surface area contributed by atoms with Gasteiger partial charge >= 0.3 is 0 Å². The summed E-state index contributed by atoms with van der Waals surface area (Å²) < 4.78 is 11.2. The number of unbranched alkanes of at least 4 members (excludes halogenated alkanes) is 25. The van der Waals surface area contributed by atoms with E-state index in [1.807, 2.05) is 6.08 Å². The summed E-state index contributed by atoms with van der Waals surface area (Å²) in [6, 6.07) is -0.799. The molecule has 9 nitrogen and oxygen atoms in total. The molecule has 1 aliphatic heterocycles. The summed E-state index contributed by atoms with van der Waals surface area (Å²) in [7, 11) is 0. The van der Waals surface area contributed by atoms with Crippen LogP contribution >= 0.6 is 0 Å². The maximum atomic E-state index is 12.9. The van der Waals surface area contributed by atoms with Crippen LogP contribution in [0.25, 0.3) is 0 Å². The molecule has 9 heteroatoms. The summed E-state index contributed by atoms with van der Waals surface area (Å²) in [6.07, 6.45) is 35.3. The topological polar surface area (TPSA) is 149 Å². The van der Waals surface area contributed by atoms with E-state index in [0.29, 0.717) is 6.42 Å². The summed E-state index contributed by atoms with van der Waals surface area (Å²) >= 11 is 0. The summed E-state index contributed by atoms with van der Waals surface area (Å²) in [6.45, 7) is 3.72. The molecular weight excluding hydrogens is 682 g/mol. The molecule has 0 aromatic rings. The third-order valence-corrected chi connectivity index (χ3v) is 10.8. The lowest BCUT2D eigenvalue weighted by atomic mass is 9.99. The van der Waals surface area contributed by atoms with Gasteiger partial charge in [-0.1, -0.05) is 173 Å². The molecule has 0 saturated carbocycles. The molecule has 1 aliphatic rings. The Morgan fingerprint density at radius 2 is 1.04 bits per heavy atom. The third-order valence-electron chi connectivity index (χ3n) is 10.8. The average molecular weight is 768 g/mol.